The van der Waals surface area contributed by atoms with E-state index in [9.17, 15) is 18.8 Å². The molecule has 2 aromatic carbocycles. The van der Waals surface area contributed by atoms with Crippen molar-refractivity contribution < 1.29 is 23.5 Å². The SMILES string of the molecule is C[C@H](OC(=O)[C@H]1CC(=O)N([C@@H](C)c2ccccc2)C1)C(=O)Nc1cccc(F)c1. The molecule has 1 aliphatic rings. The summed E-state index contributed by atoms with van der Waals surface area (Å²) in [6.45, 7) is 3.59. The molecule has 0 saturated carbocycles. The summed E-state index contributed by atoms with van der Waals surface area (Å²) in [4.78, 5) is 38.7. The first-order valence-corrected chi connectivity index (χ1v) is 9.46. The molecule has 1 heterocycles. The van der Waals surface area contributed by atoms with Crippen LogP contribution in [0.2, 0.25) is 0 Å². The molecule has 29 heavy (non-hydrogen) atoms. The number of hydrogen-bond acceptors (Lipinski definition) is 4. The lowest BCUT2D eigenvalue weighted by Gasteiger charge is -2.25. The molecule has 2 aromatic rings. The lowest BCUT2D eigenvalue weighted by atomic mass is 10.1. The Hall–Kier alpha value is -3.22. The molecular formula is C22H23FN2O4. The molecule has 2 amide bonds. The number of nitrogens with one attached hydrogen (secondary N) is 1. The summed E-state index contributed by atoms with van der Waals surface area (Å²) in [5.74, 6) is -2.39. The Morgan fingerprint density at radius 1 is 1.14 bits per heavy atom. The van der Waals surface area contributed by atoms with E-state index in [1.807, 2.05) is 37.3 Å². The fourth-order valence-electron chi connectivity index (χ4n) is 3.31. The molecule has 0 bridgehead atoms. The molecule has 152 valence electrons. The molecule has 6 nitrogen and oxygen atoms in total. The van der Waals surface area contributed by atoms with Crippen molar-refractivity contribution in [2.45, 2.75) is 32.4 Å². The van der Waals surface area contributed by atoms with Crippen molar-refractivity contribution in [1.29, 1.82) is 0 Å². The molecule has 0 aliphatic carbocycles. The number of carbonyl (C=O) groups excluding carboxylic acids is 3. The zero-order valence-electron chi connectivity index (χ0n) is 16.3. The van der Waals surface area contributed by atoms with Crippen LogP contribution in [0.25, 0.3) is 0 Å². The van der Waals surface area contributed by atoms with Gasteiger partial charge in [-0.2, -0.15) is 0 Å². The van der Waals surface area contributed by atoms with Crippen molar-refractivity contribution in [1.82, 2.24) is 4.90 Å². The Labute approximate surface area is 168 Å². The first-order valence-electron chi connectivity index (χ1n) is 9.46. The lowest BCUT2D eigenvalue weighted by molar-refractivity contribution is -0.157. The summed E-state index contributed by atoms with van der Waals surface area (Å²) in [6, 6.07) is 14.8. The van der Waals surface area contributed by atoms with Crippen LogP contribution in [0.3, 0.4) is 0 Å². The van der Waals surface area contributed by atoms with Gasteiger partial charge in [0.2, 0.25) is 5.91 Å². The number of hydrogen-bond donors (Lipinski definition) is 1. The third kappa shape index (κ3) is 4.99. The molecule has 1 fully saturated rings. The number of benzene rings is 2. The third-order valence-electron chi connectivity index (χ3n) is 5.00. The molecule has 7 heteroatoms. The smallest absolute Gasteiger partial charge is 0.312 e. The van der Waals surface area contributed by atoms with Crippen molar-refractivity contribution in [2.75, 3.05) is 11.9 Å². The second-order valence-electron chi connectivity index (χ2n) is 7.11. The van der Waals surface area contributed by atoms with E-state index in [1.54, 1.807) is 4.90 Å². The van der Waals surface area contributed by atoms with E-state index in [2.05, 4.69) is 5.32 Å². The van der Waals surface area contributed by atoms with Gasteiger partial charge in [-0.3, -0.25) is 14.4 Å². The van der Waals surface area contributed by atoms with Gasteiger partial charge in [-0.25, -0.2) is 4.39 Å². The molecule has 1 N–H and O–H groups in total. The first kappa shape index (κ1) is 20.5. The van der Waals surface area contributed by atoms with E-state index in [0.29, 0.717) is 0 Å². The van der Waals surface area contributed by atoms with Gasteiger partial charge < -0.3 is 15.0 Å². The number of ether oxygens (including phenoxy) is 1. The second-order valence-corrected chi connectivity index (χ2v) is 7.11. The molecule has 3 atom stereocenters. The topological polar surface area (TPSA) is 75.7 Å². The van der Waals surface area contributed by atoms with E-state index in [4.69, 9.17) is 4.74 Å². The minimum Gasteiger partial charge on any atom is -0.452 e. The van der Waals surface area contributed by atoms with Gasteiger partial charge in [-0.15, -0.1) is 0 Å². The summed E-state index contributed by atoms with van der Waals surface area (Å²) in [5.41, 5.74) is 1.26. The lowest BCUT2D eigenvalue weighted by Crippen LogP contribution is -2.33. The molecular weight excluding hydrogens is 375 g/mol. The van der Waals surface area contributed by atoms with Gasteiger partial charge in [-0.05, 0) is 37.6 Å². The maximum absolute atomic E-state index is 13.2. The highest BCUT2D eigenvalue weighted by Gasteiger charge is 2.38. The number of rotatable bonds is 6. The molecule has 0 aromatic heterocycles. The minimum absolute atomic E-state index is 0.0498. The Bertz CT molecular complexity index is 903. The Balaban J connectivity index is 1.56. The standard InChI is InChI=1S/C22H23FN2O4/c1-14(16-7-4-3-5-8-16)25-13-17(11-20(25)26)22(28)29-15(2)21(27)24-19-10-6-9-18(23)12-19/h3-10,12,14-15,17H,11,13H2,1-2H3,(H,24,27)/t14-,15-,17-/m0/s1. The number of amides is 2. The zero-order chi connectivity index (χ0) is 21.0. The van der Waals surface area contributed by atoms with Crippen molar-refractivity contribution in [3.05, 3.63) is 66.0 Å². The van der Waals surface area contributed by atoms with Crippen molar-refractivity contribution in [3.63, 3.8) is 0 Å². The maximum atomic E-state index is 13.2. The number of halogens is 1. The van der Waals surface area contributed by atoms with Gasteiger partial charge in [0.1, 0.15) is 5.82 Å². The normalized spacial score (nSPS) is 18.2. The molecule has 0 radical (unpaired) electrons. The van der Waals surface area contributed by atoms with Crippen molar-refractivity contribution in [3.8, 4) is 0 Å². The predicted octanol–water partition coefficient (Wildman–Crippen LogP) is 3.31. The average Bonchev–Trinajstić information content (AvgIpc) is 3.10. The maximum Gasteiger partial charge on any atom is 0.312 e. The Morgan fingerprint density at radius 3 is 2.55 bits per heavy atom. The number of likely N-dealkylation sites (tertiary alicyclic amines) is 1. The van der Waals surface area contributed by atoms with Crippen LogP contribution in [-0.2, 0) is 19.1 Å². The summed E-state index contributed by atoms with van der Waals surface area (Å²) < 4.78 is 18.5. The molecule has 0 spiro atoms. The van der Waals surface area contributed by atoms with Crippen molar-refractivity contribution >= 4 is 23.5 Å². The number of anilines is 1. The van der Waals surface area contributed by atoms with Crippen LogP contribution in [0.15, 0.2) is 54.6 Å². The van der Waals surface area contributed by atoms with Crippen LogP contribution >= 0.6 is 0 Å². The monoisotopic (exact) mass is 398 g/mol. The van der Waals surface area contributed by atoms with Gasteiger partial charge in [-0.1, -0.05) is 36.4 Å². The number of esters is 1. The fourth-order valence-corrected chi connectivity index (χ4v) is 3.31. The van der Waals surface area contributed by atoms with E-state index < -0.39 is 29.7 Å². The fraction of sp³-hybridized carbons (Fsp3) is 0.318. The second kappa shape index (κ2) is 8.86. The van der Waals surface area contributed by atoms with Crippen LogP contribution < -0.4 is 5.32 Å². The van der Waals surface area contributed by atoms with Gasteiger partial charge in [0, 0.05) is 18.7 Å². The summed E-state index contributed by atoms with van der Waals surface area (Å²) >= 11 is 0. The highest BCUT2D eigenvalue weighted by Crippen LogP contribution is 2.29. The summed E-state index contributed by atoms with van der Waals surface area (Å²) in [6.07, 6.45) is -1.02. The third-order valence-corrected chi connectivity index (χ3v) is 5.00. The highest BCUT2D eigenvalue weighted by molar-refractivity contribution is 5.95. The predicted molar refractivity (Wildman–Crippen MR) is 105 cm³/mol. The first-order chi connectivity index (χ1) is 13.8. The van der Waals surface area contributed by atoms with Crippen LogP contribution in [-0.4, -0.2) is 35.3 Å². The number of carbonyl (C=O) groups is 3. The van der Waals surface area contributed by atoms with Crippen LogP contribution in [0.4, 0.5) is 10.1 Å². The van der Waals surface area contributed by atoms with Crippen LogP contribution in [0.1, 0.15) is 31.9 Å². The largest absolute Gasteiger partial charge is 0.452 e. The molecule has 0 unspecified atom stereocenters. The molecule has 1 saturated heterocycles. The Kier molecular flexibility index (Phi) is 6.26. The highest BCUT2D eigenvalue weighted by atomic mass is 19.1. The van der Waals surface area contributed by atoms with E-state index in [0.717, 1.165) is 5.56 Å². The summed E-state index contributed by atoms with van der Waals surface area (Å²) in [7, 11) is 0. The van der Waals surface area contributed by atoms with Gasteiger partial charge in [0.05, 0.1) is 12.0 Å². The van der Waals surface area contributed by atoms with Gasteiger partial charge in [0.15, 0.2) is 6.10 Å². The van der Waals surface area contributed by atoms with E-state index in [-0.39, 0.29) is 30.6 Å². The van der Waals surface area contributed by atoms with Gasteiger partial charge in [0.25, 0.3) is 5.91 Å². The summed E-state index contributed by atoms with van der Waals surface area (Å²) in [5, 5.41) is 2.50. The van der Waals surface area contributed by atoms with Crippen molar-refractivity contribution in [2.24, 2.45) is 5.92 Å². The Morgan fingerprint density at radius 2 is 1.86 bits per heavy atom. The van der Waals surface area contributed by atoms with E-state index >= 15 is 0 Å². The quantitative estimate of drug-likeness (QED) is 0.758. The van der Waals surface area contributed by atoms with Gasteiger partial charge >= 0.3 is 5.97 Å². The molecule has 1 aliphatic heterocycles. The van der Waals surface area contributed by atoms with Crippen LogP contribution in [0.5, 0.6) is 0 Å². The average molecular weight is 398 g/mol. The number of nitrogens with zero attached hydrogens (tertiary/aromatic N) is 1. The minimum atomic E-state index is -1.07. The zero-order valence-corrected chi connectivity index (χ0v) is 16.3. The van der Waals surface area contributed by atoms with Crippen LogP contribution in [0, 0.1) is 11.7 Å². The molecule has 3 rings (SSSR count). The van der Waals surface area contributed by atoms with E-state index in [1.165, 1.54) is 31.2 Å².